The lowest BCUT2D eigenvalue weighted by Gasteiger charge is -2.36. The summed E-state index contributed by atoms with van der Waals surface area (Å²) in [5, 5.41) is 13.2. The first kappa shape index (κ1) is 11.1. The van der Waals surface area contributed by atoms with Crippen LogP contribution in [0.2, 0.25) is 0 Å². The quantitative estimate of drug-likeness (QED) is 0.880. The second kappa shape index (κ2) is 4.64. The van der Waals surface area contributed by atoms with E-state index in [1.165, 1.54) is 5.56 Å². The van der Waals surface area contributed by atoms with E-state index in [0.29, 0.717) is 6.54 Å². The number of rotatable bonds is 4. The molecule has 2 nitrogen and oxygen atoms in total. The highest BCUT2D eigenvalue weighted by Crippen LogP contribution is 2.30. The first-order chi connectivity index (χ1) is 7.20. The molecular formula is C12H16BrNO. The Bertz CT molecular complexity index is 336. The molecule has 0 aliphatic heterocycles. The van der Waals surface area contributed by atoms with Gasteiger partial charge in [0.1, 0.15) is 0 Å². The molecule has 2 N–H and O–H groups in total. The van der Waals surface area contributed by atoms with Crippen molar-refractivity contribution in [3.05, 3.63) is 34.3 Å². The number of nitrogens with one attached hydrogen (secondary N) is 1. The normalized spacial score (nSPS) is 18.5. The van der Waals surface area contributed by atoms with Crippen LogP contribution in [-0.4, -0.2) is 17.3 Å². The number of hydrogen-bond donors (Lipinski definition) is 2. The second-order valence-corrected chi connectivity index (χ2v) is 5.13. The molecular weight excluding hydrogens is 254 g/mol. The molecule has 1 fully saturated rings. The van der Waals surface area contributed by atoms with Crippen molar-refractivity contribution in [2.24, 2.45) is 0 Å². The number of benzene rings is 1. The molecule has 1 aliphatic rings. The summed E-state index contributed by atoms with van der Waals surface area (Å²) in [6.45, 7) is 1.51. The Morgan fingerprint density at radius 1 is 1.33 bits per heavy atom. The van der Waals surface area contributed by atoms with Crippen molar-refractivity contribution in [2.45, 2.75) is 31.4 Å². The van der Waals surface area contributed by atoms with Crippen molar-refractivity contribution in [3.8, 4) is 0 Å². The highest BCUT2D eigenvalue weighted by atomic mass is 79.9. The minimum atomic E-state index is -0.429. The third kappa shape index (κ3) is 2.80. The Hall–Kier alpha value is -0.380. The minimum Gasteiger partial charge on any atom is -0.389 e. The van der Waals surface area contributed by atoms with Crippen LogP contribution >= 0.6 is 15.9 Å². The zero-order valence-electron chi connectivity index (χ0n) is 8.67. The Kier molecular flexibility index (Phi) is 3.44. The van der Waals surface area contributed by atoms with Crippen LogP contribution in [0.25, 0.3) is 0 Å². The molecule has 0 heterocycles. The van der Waals surface area contributed by atoms with Crippen molar-refractivity contribution in [1.29, 1.82) is 0 Å². The number of halogens is 1. The van der Waals surface area contributed by atoms with Gasteiger partial charge in [0.25, 0.3) is 0 Å². The zero-order chi connectivity index (χ0) is 10.7. The Labute approximate surface area is 98.8 Å². The largest absolute Gasteiger partial charge is 0.389 e. The smallest absolute Gasteiger partial charge is 0.0771 e. The first-order valence-electron chi connectivity index (χ1n) is 5.36. The third-order valence-corrected chi connectivity index (χ3v) is 3.79. The van der Waals surface area contributed by atoms with Gasteiger partial charge in [0, 0.05) is 17.6 Å². The molecule has 0 bridgehead atoms. The van der Waals surface area contributed by atoms with Crippen molar-refractivity contribution in [3.63, 3.8) is 0 Å². The molecule has 2 rings (SSSR count). The van der Waals surface area contributed by atoms with Crippen molar-refractivity contribution in [2.75, 3.05) is 6.54 Å². The Morgan fingerprint density at radius 2 is 2.07 bits per heavy atom. The van der Waals surface area contributed by atoms with Gasteiger partial charge in [0.05, 0.1) is 5.60 Å². The van der Waals surface area contributed by atoms with Gasteiger partial charge in [-0.25, -0.2) is 0 Å². The molecule has 82 valence electrons. The van der Waals surface area contributed by atoms with Gasteiger partial charge in [0.2, 0.25) is 0 Å². The second-order valence-electron chi connectivity index (χ2n) is 4.27. The van der Waals surface area contributed by atoms with Crippen LogP contribution in [0.5, 0.6) is 0 Å². The average Bonchev–Trinajstić information content (AvgIpc) is 2.18. The molecule has 0 aromatic heterocycles. The molecule has 0 spiro atoms. The summed E-state index contributed by atoms with van der Waals surface area (Å²) in [6.07, 6.45) is 3.04. The maximum absolute atomic E-state index is 9.88. The van der Waals surface area contributed by atoms with Gasteiger partial charge >= 0.3 is 0 Å². The van der Waals surface area contributed by atoms with Gasteiger partial charge < -0.3 is 10.4 Å². The Morgan fingerprint density at radius 3 is 2.67 bits per heavy atom. The molecule has 1 aliphatic carbocycles. The van der Waals surface area contributed by atoms with E-state index < -0.39 is 5.60 Å². The van der Waals surface area contributed by atoms with Crippen LogP contribution in [0.15, 0.2) is 28.7 Å². The average molecular weight is 270 g/mol. The van der Waals surface area contributed by atoms with E-state index >= 15 is 0 Å². The summed E-state index contributed by atoms with van der Waals surface area (Å²) in [7, 11) is 0. The minimum absolute atomic E-state index is 0.429. The molecule has 1 saturated carbocycles. The van der Waals surface area contributed by atoms with Crippen molar-refractivity contribution >= 4 is 15.9 Å². The fraction of sp³-hybridized carbons (Fsp3) is 0.500. The third-order valence-electron chi connectivity index (χ3n) is 3.01. The molecule has 0 radical (unpaired) electrons. The first-order valence-corrected chi connectivity index (χ1v) is 6.15. The topological polar surface area (TPSA) is 32.3 Å². The van der Waals surface area contributed by atoms with E-state index in [1.54, 1.807) is 0 Å². The standard InChI is InChI=1S/C12H16BrNO/c13-11-5-2-1-4-10(11)8-14-9-12(15)6-3-7-12/h1-2,4-5,14-15H,3,6-9H2. The number of aliphatic hydroxyl groups is 1. The maximum atomic E-state index is 9.88. The highest BCUT2D eigenvalue weighted by molar-refractivity contribution is 9.10. The molecule has 0 atom stereocenters. The molecule has 0 amide bonds. The zero-order valence-corrected chi connectivity index (χ0v) is 10.3. The van der Waals surface area contributed by atoms with Gasteiger partial charge in [-0.05, 0) is 30.9 Å². The molecule has 1 aromatic rings. The highest BCUT2D eigenvalue weighted by Gasteiger charge is 2.33. The number of hydrogen-bond acceptors (Lipinski definition) is 2. The molecule has 1 aromatic carbocycles. The van der Waals surface area contributed by atoms with E-state index in [1.807, 2.05) is 18.2 Å². The molecule has 15 heavy (non-hydrogen) atoms. The van der Waals surface area contributed by atoms with Crippen LogP contribution < -0.4 is 5.32 Å². The lowest BCUT2D eigenvalue weighted by molar-refractivity contribution is -0.0314. The van der Waals surface area contributed by atoms with Crippen molar-refractivity contribution in [1.82, 2.24) is 5.32 Å². The summed E-state index contributed by atoms with van der Waals surface area (Å²) in [5.41, 5.74) is 0.807. The summed E-state index contributed by atoms with van der Waals surface area (Å²) >= 11 is 3.51. The van der Waals surface area contributed by atoms with E-state index in [4.69, 9.17) is 0 Å². The molecule has 3 heteroatoms. The summed E-state index contributed by atoms with van der Waals surface area (Å²) in [4.78, 5) is 0. The van der Waals surface area contributed by atoms with Gasteiger partial charge in [-0.15, -0.1) is 0 Å². The lowest BCUT2D eigenvalue weighted by Crippen LogP contribution is -2.46. The fourth-order valence-electron chi connectivity index (χ4n) is 1.83. The monoisotopic (exact) mass is 269 g/mol. The van der Waals surface area contributed by atoms with Crippen LogP contribution in [0.4, 0.5) is 0 Å². The molecule has 0 unspecified atom stereocenters. The lowest BCUT2D eigenvalue weighted by atomic mass is 9.80. The van der Waals surface area contributed by atoms with Crippen molar-refractivity contribution < 1.29 is 5.11 Å². The van der Waals surface area contributed by atoms with E-state index in [2.05, 4.69) is 27.3 Å². The SMILES string of the molecule is OC1(CNCc2ccccc2Br)CCC1. The van der Waals surface area contributed by atoms with E-state index in [9.17, 15) is 5.11 Å². The van der Waals surface area contributed by atoms with Crippen LogP contribution in [0, 0.1) is 0 Å². The fourth-order valence-corrected chi connectivity index (χ4v) is 2.26. The maximum Gasteiger partial charge on any atom is 0.0771 e. The summed E-state index contributed by atoms with van der Waals surface area (Å²) in [6, 6.07) is 8.16. The summed E-state index contributed by atoms with van der Waals surface area (Å²) in [5.74, 6) is 0. The Balaban J connectivity index is 1.81. The van der Waals surface area contributed by atoms with Crippen LogP contribution in [0.1, 0.15) is 24.8 Å². The van der Waals surface area contributed by atoms with Crippen LogP contribution in [0.3, 0.4) is 0 Å². The van der Waals surface area contributed by atoms with Gasteiger partial charge in [-0.2, -0.15) is 0 Å². The molecule has 0 saturated heterocycles. The van der Waals surface area contributed by atoms with Gasteiger partial charge in [0.15, 0.2) is 0 Å². The van der Waals surface area contributed by atoms with Gasteiger partial charge in [-0.3, -0.25) is 0 Å². The van der Waals surface area contributed by atoms with E-state index in [0.717, 1.165) is 30.3 Å². The predicted octanol–water partition coefficient (Wildman–Crippen LogP) is 2.45. The van der Waals surface area contributed by atoms with Gasteiger partial charge in [-0.1, -0.05) is 34.1 Å². The predicted molar refractivity (Wildman–Crippen MR) is 64.6 cm³/mol. The summed E-state index contributed by atoms with van der Waals surface area (Å²) < 4.78 is 1.12. The van der Waals surface area contributed by atoms with E-state index in [-0.39, 0.29) is 0 Å². The van der Waals surface area contributed by atoms with Crippen LogP contribution in [-0.2, 0) is 6.54 Å².